The molecule has 6 nitrogen and oxygen atoms in total. The van der Waals surface area contributed by atoms with E-state index < -0.39 is 10.0 Å². The molecule has 0 bridgehead atoms. The Hall–Kier alpha value is -0.890. The molecule has 7 heteroatoms. The summed E-state index contributed by atoms with van der Waals surface area (Å²) in [6.45, 7) is 10.2. The number of sulfonamides is 1. The predicted molar refractivity (Wildman–Crippen MR) is 83.6 cm³/mol. The van der Waals surface area contributed by atoms with Gasteiger partial charge in [0.05, 0.1) is 0 Å². The molecule has 0 unspecified atom stereocenters. The van der Waals surface area contributed by atoms with Gasteiger partial charge in [-0.3, -0.25) is 0 Å². The lowest BCUT2D eigenvalue weighted by Gasteiger charge is -2.32. The number of aromatic nitrogens is 1. The van der Waals surface area contributed by atoms with Crippen molar-refractivity contribution in [3.63, 3.8) is 0 Å². The van der Waals surface area contributed by atoms with Crippen molar-refractivity contribution < 1.29 is 8.42 Å². The molecule has 1 aromatic heterocycles. The summed E-state index contributed by atoms with van der Waals surface area (Å²) >= 11 is 0. The molecule has 0 spiro atoms. The molecule has 21 heavy (non-hydrogen) atoms. The molecule has 0 amide bonds. The highest BCUT2D eigenvalue weighted by atomic mass is 32.2. The Morgan fingerprint density at radius 1 is 1.24 bits per heavy atom. The fraction of sp³-hybridized carbons (Fsp3) is 0.714. The SMILES string of the molecule is CCN1CCN(S(=O)(=O)c2cc(CN)n(C(C)C)c2)CC1. The molecule has 1 saturated heterocycles. The van der Waals surface area contributed by atoms with Crippen LogP contribution in [0, 0.1) is 0 Å². The molecular weight excluding hydrogens is 288 g/mol. The number of rotatable bonds is 5. The van der Waals surface area contributed by atoms with Gasteiger partial charge in [0.25, 0.3) is 0 Å². The third kappa shape index (κ3) is 3.31. The summed E-state index contributed by atoms with van der Waals surface area (Å²) in [5.74, 6) is 0. The van der Waals surface area contributed by atoms with E-state index in [1.54, 1.807) is 16.6 Å². The first-order valence-electron chi connectivity index (χ1n) is 7.53. The maximum absolute atomic E-state index is 12.7. The van der Waals surface area contributed by atoms with E-state index in [4.69, 9.17) is 5.73 Å². The lowest BCUT2D eigenvalue weighted by molar-refractivity contribution is 0.196. The first-order valence-corrected chi connectivity index (χ1v) is 8.97. The predicted octanol–water partition coefficient (Wildman–Crippen LogP) is 0.854. The number of nitrogens with two attached hydrogens (primary N) is 1. The van der Waals surface area contributed by atoms with Crippen LogP contribution in [0.1, 0.15) is 32.5 Å². The molecule has 120 valence electrons. The van der Waals surface area contributed by atoms with E-state index in [2.05, 4.69) is 11.8 Å². The van der Waals surface area contributed by atoms with Crippen LogP contribution in [-0.4, -0.2) is 54.9 Å². The van der Waals surface area contributed by atoms with E-state index in [-0.39, 0.29) is 6.04 Å². The van der Waals surface area contributed by atoms with Crippen molar-refractivity contribution in [2.75, 3.05) is 32.7 Å². The van der Waals surface area contributed by atoms with Crippen LogP contribution >= 0.6 is 0 Å². The molecule has 0 aromatic carbocycles. The first-order chi connectivity index (χ1) is 9.90. The number of likely N-dealkylation sites (N-methyl/N-ethyl adjacent to an activating group) is 1. The normalized spacial score (nSPS) is 18.5. The zero-order chi connectivity index (χ0) is 15.6. The van der Waals surface area contributed by atoms with Crippen molar-refractivity contribution in [2.45, 2.75) is 38.3 Å². The number of piperazine rings is 1. The fourth-order valence-electron chi connectivity index (χ4n) is 2.72. The number of hydrogen-bond acceptors (Lipinski definition) is 4. The Kier molecular flexibility index (Phi) is 5.08. The third-order valence-corrected chi connectivity index (χ3v) is 5.95. The van der Waals surface area contributed by atoms with E-state index in [0.29, 0.717) is 24.5 Å². The maximum Gasteiger partial charge on any atom is 0.244 e. The lowest BCUT2D eigenvalue weighted by Crippen LogP contribution is -2.48. The Balaban J connectivity index is 2.24. The molecule has 1 fully saturated rings. The number of hydrogen-bond donors (Lipinski definition) is 1. The highest BCUT2D eigenvalue weighted by Gasteiger charge is 2.29. The second-order valence-electron chi connectivity index (χ2n) is 5.71. The van der Waals surface area contributed by atoms with Crippen molar-refractivity contribution in [3.8, 4) is 0 Å². The van der Waals surface area contributed by atoms with E-state index in [9.17, 15) is 8.42 Å². The molecule has 2 rings (SSSR count). The summed E-state index contributed by atoms with van der Waals surface area (Å²) in [7, 11) is -3.41. The van der Waals surface area contributed by atoms with Gasteiger partial charge in [0.1, 0.15) is 4.90 Å². The minimum atomic E-state index is -3.41. The van der Waals surface area contributed by atoms with Gasteiger partial charge in [-0.1, -0.05) is 6.92 Å². The topological polar surface area (TPSA) is 71.6 Å². The van der Waals surface area contributed by atoms with Crippen molar-refractivity contribution in [1.82, 2.24) is 13.8 Å². The molecular formula is C14H26N4O2S. The molecule has 1 aliphatic rings. The smallest absolute Gasteiger partial charge is 0.244 e. The summed E-state index contributed by atoms with van der Waals surface area (Å²) in [5.41, 5.74) is 6.58. The van der Waals surface area contributed by atoms with Gasteiger partial charge in [-0.2, -0.15) is 4.31 Å². The summed E-state index contributed by atoms with van der Waals surface area (Å²) in [6, 6.07) is 1.91. The molecule has 2 heterocycles. The second kappa shape index (κ2) is 6.48. The standard InChI is InChI=1S/C14H26N4O2S/c1-4-16-5-7-17(8-6-16)21(19,20)14-9-13(10-15)18(11-14)12(2)3/h9,11-12H,4-8,10,15H2,1-3H3. The van der Waals surface area contributed by atoms with Crippen molar-refractivity contribution in [3.05, 3.63) is 18.0 Å². The summed E-state index contributed by atoms with van der Waals surface area (Å²) < 4.78 is 29.0. The molecule has 1 aromatic rings. The summed E-state index contributed by atoms with van der Waals surface area (Å²) in [5, 5.41) is 0. The van der Waals surface area contributed by atoms with Crippen LogP contribution in [0.3, 0.4) is 0 Å². The Morgan fingerprint density at radius 3 is 2.29 bits per heavy atom. The summed E-state index contributed by atoms with van der Waals surface area (Å²) in [4.78, 5) is 2.62. The van der Waals surface area contributed by atoms with Gasteiger partial charge in [-0.15, -0.1) is 0 Å². The van der Waals surface area contributed by atoms with E-state index >= 15 is 0 Å². The van der Waals surface area contributed by atoms with Gasteiger partial charge in [0, 0.05) is 50.7 Å². The van der Waals surface area contributed by atoms with E-state index in [1.807, 2.05) is 18.4 Å². The molecule has 0 saturated carbocycles. The van der Waals surface area contributed by atoms with E-state index in [0.717, 1.165) is 25.3 Å². The first kappa shape index (κ1) is 16.5. The molecule has 0 radical (unpaired) electrons. The Bertz CT molecular complexity index is 572. The molecule has 2 N–H and O–H groups in total. The van der Waals surface area contributed by atoms with Crippen molar-refractivity contribution >= 4 is 10.0 Å². The minimum Gasteiger partial charge on any atom is -0.346 e. The van der Waals surface area contributed by atoms with Crippen molar-refractivity contribution in [1.29, 1.82) is 0 Å². The van der Waals surface area contributed by atoms with Crippen molar-refractivity contribution in [2.24, 2.45) is 5.73 Å². The third-order valence-electron chi connectivity index (χ3n) is 4.09. The van der Waals surface area contributed by atoms with Crippen LogP contribution in [0.5, 0.6) is 0 Å². The largest absolute Gasteiger partial charge is 0.346 e. The van der Waals surface area contributed by atoms with Crippen LogP contribution < -0.4 is 5.73 Å². The van der Waals surface area contributed by atoms with E-state index in [1.165, 1.54) is 0 Å². The fourth-order valence-corrected chi connectivity index (χ4v) is 4.19. The maximum atomic E-state index is 12.7. The highest BCUT2D eigenvalue weighted by molar-refractivity contribution is 7.89. The monoisotopic (exact) mass is 314 g/mol. The highest BCUT2D eigenvalue weighted by Crippen LogP contribution is 2.22. The van der Waals surface area contributed by atoms with Gasteiger partial charge in [0.15, 0.2) is 0 Å². The Morgan fingerprint density at radius 2 is 1.86 bits per heavy atom. The van der Waals surface area contributed by atoms with Crippen LogP contribution in [0.15, 0.2) is 17.2 Å². The van der Waals surface area contributed by atoms with Gasteiger partial charge in [0.2, 0.25) is 10.0 Å². The number of nitrogens with zero attached hydrogens (tertiary/aromatic N) is 3. The minimum absolute atomic E-state index is 0.199. The molecule has 0 atom stereocenters. The van der Waals surface area contributed by atoms with Crippen LogP contribution in [0.4, 0.5) is 0 Å². The lowest BCUT2D eigenvalue weighted by atomic mass is 10.3. The molecule has 1 aliphatic heterocycles. The quantitative estimate of drug-likeness (QED) is 0.875. The second-order valence-corrected chi connectivity index (χ2v) is 7.65. The van der Waals surface area contributed by atoms with Gasteiger partial charge in [-0.05, 0) is 26.5 Å². The van der Waals surface area contributed by atoms with Crippen LogP contribution in [0.25, 0.3) is 0 Å². The van der Waals surface area contributed by atoms with Gasteiger partial charge >= 0.3 is 0 Å². The van der Waals surface area contributed by atoms with Crippen LogP contribution in [0.2, 0.25) is 0 Å². The zero-order valence-electron chi connectivity index (χ0n) is 13.1. The average Bonchev–Trinajstić information content (AvgIpc) is 2.92. The Labute approximate surface area is 127 Å². The zero-order valence-corrected chi connectivity index (χ0v) is 13.9. The van der Waals surface area contributed by atoms with Gasteiger partial charge < -0.3 is 15.2 Å². The summed E-state index contributed by atoms with van der Waals surface area (Å²) in [6.07, 6.45) is 1.72. The van der Waals surface area contributed by atoms with Gasteiger partial charge in [-0.25, -0.2) is 8.42 Å². The molecule has 0 aliphatic carbocycles. The van der Waals surface area contributed by atoms with Crippen LogP contribution in [-0.2, 0) is 16.6 Å². The average molecular weight is 314 g/mol.